The molecule has 0 bridgehead atoms. The molecule has 0 heterocycles. The van der Waals surface area contributed by atoms with E-state index < -0.39 is 75.1 Å². The van der Waals surface area contributed by atoms with Crippen LogP contribution in [0.15, 0.2) is 78.9 Å². The number of hydrogen-bond acceptors (Lipinski definition) is 1. The Labute approximate surface area is 263 Å². The van der Waals surface area contributed by atoms with Gasteiger partial charge in [-0.05, 0) is 71.0 Å². The Kier molecular flexibility index (Phi) is 9.65. The largest absolute Gasteiger partial charge is 0.432 e. The van der Waals surface area contributed by atoms with Crippen LogP contribution in [0.2, 0.25) is 0 Å². The maximum absolute atomic E-state index is 15.2. The monoisotopic (exact) mass is 662 g/mol. The van der Waals surface area contributed by atoms with Crippen molar-refractivity contribution in [2.45, 2.75) is 38.7 Å². The summed E-state index contributed by atoms with van der Waals surface area (Å²) >= 11 is 0. The Morgan fingerprint density at radius 2 is 1.09 bits per heavy atom. The van der Waals surface area contributed by atoms with Crippen LogP contribution in [-0.2, 0) is 12.5 Å². The van der Waals surface area contributed by atoms with Crippen molar-refractivity contribution < 1.29 is 48.6 Å². The Morgan fingerprint density at radius 1 is 0.532 bits per heavy atom. The summed E-state index contributed by atoms with van der Waals surface area (Å²) in [5.41, 5.74) is -1.64. The van der Waals surface area contributed by atoms with Crippen molar-refractivity contribution in [1.82, 2.24) is 0 Å². The lowest BCUT2D eigenvalue weighted by molar-refractivity contribution is -0.189. The normalized spacial score (nSPS) is 11.6. The van der Waals surface area contributed by atoms with E-state index in [9.17, 15) is 35.1 Å². The molecule has 0 aliphatic rings. The fraction of sp³-hybridized carbons (Fsp3) is 0.167. The van der Waals surface area contributed by atoms with Gasteiger partial charge in [-0.3, -0.25) is 0 Å². The van der Waals surface area contributed by atoms with Crippen molar-refractivity contribution in [3.8, 4) is 39.1 Å². The average molecular weight is 663 g/mol. The number of benzene rings is 5. The van der Waals surface area contributed by atoms with Gasteiger partial charge in [0.05, 0.1) is 5.56 Å². The summed E-state index contributed by atoms with van der Waals surface area (Å²) in [4.78, 5) is 0. The Morgan fingerprint density at radius 3 is 1.64 bits per heavy atom. The van der Waals surface area contributed by atoms with E-state index in [1.54, 1.807) is 18.2 Å². The highest BCUT2D eigenvalue weighted by molar-refractivity contribution is 5.74. The van der Waals surface area contributed by atoms with Crippen LogP contribution >= 0.6 is 0 Å². The molecule has 0 saturated carbocycles. The van der Waals surface area contributed by atoms with Crippen molar-refractivity contribution in [1.29, 1.82) is 0 Å². The average Bonchev–Trinajstić information content (AvgIpc) is 2.99. The SMILES string of the molecule is CCCCCc1ccc(-c2ccc(-c3cc(F)c(-c4cc(F)c(C(F)(F)Oc5cc(F)c(F)c(F)c5)c(F)c4)c(F)c3)cc2)c(F)c1. The van der Waals surface area contributed by atoms with Crippen LogP contribution in [0, 0.1) is 46.5 Å². The van der Waals surface area contributed by atoms with E-state index in [0.717, 1.165) is 43.4 Å². The van der Waals surface area contributed by atoms with Gasteiger partial charge in [0, 0.05) is 17.7 Å². The van der Waals surface area contributed by atoms with E-state index in [2.05, 4.69) is 11.7 Å². The van der Waals surface area contributed by atoms with Crippen molar-refractivity contribution >= 4 is 0 Å². The van der Waals surface area contributed by atoms with E-state index in [-0.39, 0.29) is 29.8 Å². The summed E-state index contributed by atoms with van der Waals surface area (Å²) in [6, 6.07) is 13.4. The molecule has 0 aromatic heterocycles. The van der Waals surface area contributed by atoms with Crippen molar-refractivity contribution in [2.75, 3.05) is 0 Å². The fourth-order valence-corrected chi connectivity index (χ4v) is 5.17. The smallest absolute Gasteiger partial charge is 0.429 e. The second-order valence-electron chi connectivity index (χ2n) is 10.8. The quantitative estimate of drug-likeness (QED) is 0.0822. The Hall–Kier alpha value is -4.80. The van der Waals surface area contributed by atoms with E-state index in [4.69, 9.17) is 0 Å². The standard InChI is InChI=1S/C36H24F10O/c1-2-3-4-5-19-6-11-25(26(37)12-19)21-9-7-20(8-10-21)22-13-27(38)33(28(39)14-22)23-15-29(40)34(30(41)16-23)36(45,46)47-24-17-31(42)35(44)32(43)18-24/h6-18H,2-5H2,1H3. The maximum Gasteiger partial charge on any atom is 0.432 e. The van der Waals surface area contributed by atoms with Crippen molar-refractivity contribution in [2.24, 2.45) is 0 Å². The minimum Gasteiger partial charge on any atom is -0.429 e. The Balaban J connectivity index is 1.39. The molecule has 5 aromatic carbocycles. The lowest BCUT2D eigenvalue weighted by Crippen LogP contribution is -2.25. The summed E-state index contributed by atoms with van der Waals surface area (Å²) in [5, 5.41) is 0. The molecule has 0 fully saturated rings. The highest BCUT2D eigenvalue weighted by Crippen LogP contribution is 2.39. The number of halogens is 10. The lowest BCUT2D eigenvalue weighted by Gasteiger charge is -2.20. The molecule has 11 heteroatoms. The van der Waals surface area contributed by atoms with Crippen LogP contribution in [0.1, 0.15) is 37.3 Å². The first-order valence-corrected chi connectivity index (χ1v) is 14.4. The van der Waals surface area contributed by atoms with Gasteiger partial charge in [-0.15, -0.1) is 0 Å². The molecule has 0 aliphatic heterocycles. The van der Waals surface area contributed by atoms with Crippen LogP contribution in [0.25, 0.3) is 33.4 Å². The van der Waals surface area contributed by atoms with Gasteiger partial charge < -0.3 is 4.74 Å². The van der Waals surface area contributed by atoms with Gasteiger partial charge in [0.2, 0.25) is 0 Å². The zero-order valence-corrected chi connectivity index (χ0v) is 24.5. The lowest BCUT2D eigenvalue weighted by atomic mass is 9.95. The number of alkyl halides is 2. The highest BCUT2D eigenvalue weighted by atomic mass is 19.3. The second kappa shape index (κ2) is 13.5. The van der Waals surface area contributed by atoms with E-state index >= 15 is 8.78 Å². The molecule has 0 aliphatic carbocycles. The summed E-state index contributed by atoms with van der Waals surface area (Å²) in [6.45, 7) is 2.08. The van der Waals surface area contributed by atoms with Crippen LogP contribution in [0.3, 0.4) is 0 Å². The molecular weight excluding hydrogens is 638 g/mol. The van der Waals surface area contributed by atoms with Crippen LogP contribution in [0.4, 0.5) is 43.9 Å². The van der Waals surface area contributed by atoms with E-state index in [1.807, 2.05) is 6.07 Å². The highest BCUT2D eigenvalue weighted by Gasteiger charge is 2.42. The maximum atomic E-state index is 15.2. The molecule has 5 aromatic rings. The first kappa shape index (κ1) is 33.6. The van der Waals surface area contributed by atoms with E-state index in [0.29, 0.717) is 16.7 Å². The topological polar surface area (TPSA) is 9.23 Å². The Bertz CT molecular complexity index is 1870. The van der Waals surface area contributed by atoms with Crippen LogP contribution in [-0.4, -0.2) is 0 Å². The number of unbranched alkanes of at least 4 members (excludes halogenated alkanes) is 2. The summed E-state index contributed by atoms with van der Waals surface area (Å²) < 4.78 is 148. The molecule has 0 unspecified atom stereocenters. The van der Waals surface area contributed by atoms with Crippen molar-refractivity contribution in [3.05, 3.63) is 137 Å². The van der Waals surface area contributed by atoms with Gasteiger partial charge in [-0.25, -0.2) is 35.1 Å². The predicted octanol–water partition coefficient (Wildman–Crippen LogP) is 11.7. The summed E-state index contributed by atoms with van der Waals surface area (Å²) in [5.74, 6) is -14.0. The third-order valence-electron chi connectivity index (χ3n) is 7.50. The van der Waals surface area contributed by atoms with Gasteiger partial charge in [-0.1, -0.05) is 56.2 Å². The minimum absolute atomic E-state index is 0.0262. The predicted molar refractivity (Wildman–Crippen MR) is 157 cm³/mol. The molecule has 0 spiro atoms. The first-order valence-electron chi connectivity index (χ1n) is 14.4. The molecule has 47 heavy (non-hydrogen) atoms. The van der Waals surface area contributed by atoms with Crippen LogP contribution in [0.5, 0.6) is 5.75 Å². The van der Waals surface area contributed by atoms with Gasteiger partial charge >= 0.3 is 6.11 Å². The van der Waals surface area contributed by atoms with Gasteiger partial charge in [0.25, 0.3) is 0 Å². The van der Waals surface area contributed by atoms with E-state index in [1.165, 1.54) is 18.2 Å². The molecular formula is C36H24F10O. The fourth-order valence-electron chi connectivity index (χ4n) is 5.17. The molecule has 1 nitrogen and oxygen atoms in total. The zero-order valence-electron chi connectivity index (χ0n) is 24.5. The molecule has 0 saturated heterocycles. The number of ether oxygens (including phenoxy) is 1. The summed E-state index contributed by atoms with van der Waals surface area (Å²) in [6.07, 6.45) is -1.10. The number of hydrogen-bond donors (Lipinski definition) is 0. The van der Waals surface area contributed by atoms with Crippen molar-refractivity contribution in [3.63, 3.8) is 0 Å². The molecule has 0 N–H and O–H groups in total. The molecule has 5 rings (SSSR count). The van der Waals surface area contributed by atoms with Crippen LogP contribution < -0.4 is 4.74 Å². The molecule has 0 amide bonds. The number of aryl methyl sites for hydroxylation is 1. The third-order valence-corrected chi connectivity index (χ3v) is 7.50. The zero-order chi connectivity index (χ0) is 34.0. The first-order chi connectivity index (χ1) is 22.3. The molecule has 244 valence electrons. The van der Waals surface area contributed by atoms with Gasteiger partial charge in [0.1, 0.15) is 40.4 Å². The molecule has 0 atom stereocenters. The van der Waals surface area contributed by atoms with Gasteiger partial charge in [0.15, 0.2) is 17.5 Å². The number of rotatable bonds is 10. The summed E-state index contributed by atoms with van der Waals surface area (Å²) in [7, 11) is 0. The third kappa shape index (κ3) is 7.13. The second-order valence-corrected chi connectivity index (χ2v) is 10.8. The van der Waals surface area contributed by atoms with Gasteiger partial charge in [-0.2, -0.15) is 8.78 Å². The molecule has 0 radical (unpaired) electrons. The minimum atomic E-state index is -4.88.